The topological polar surface area (TPSA) is 41.5 Å². The highest BCUT2D eigenvalue weighted by Gasteiger charge is 2.41. The van der Waals surface area contributed by atoms with Crippen molar-refractivity contribution in [1.29, 1.82) is 0 Å². The maximum atomic E-state index is 11.5. The van der Waals surface area contributed by atoms with Gasteiger partial charge in [-0.1, -0.05) is 70.4 Å². The molecule has 0 saturated heterocycles. The van der Waals surface area contributed by atoms with Gasteiger partial charge in [-0.2, -0.15) is 0 Å². The molecule has 4 heteroatoms. The van der Waals surface area contributed by atoms with Crippen molar-refractivity contribution in [2.45, 2.75) is 117 Å². The average Bonchev–Trinajstić information content (AvgIpc) is 3.12. The van der Waals surface area contributed by atoms with Gasteiger partial charge in [-0.25, -0.2) is 4.99 Å². The van der Waals surface area contributed by atoms with Crippen molar-refractivity contribution in [3.05, 3.63) is 12.2 Å². The van der Waals surface area contributed by atoms with Gasteiger partial charge >= 0.3 is 0 Å². The monoisotopic (exact) mass is 406 g/mol. The Morgan fingerprint density at radius 1 is 1.00 bits per heavy atom. The van der Waals surface area contributed by atoms with E-state index in [1.165, 1.54) is 82.9 Å². The van der Waals surface area contributed by atoms with E-state index in [4.69, 9.17) is 4.99 Å². The van der Waals surface area contributed by atoms with Crippen LogP contribution in [-0.4, -0.2) is 42.0 Å². The van der Waals surface area contributed by atoms with Crippen LogP contribution in [0.3, 0.4) is 0 Å². The molecule has 1 aliphatic rings. The largest absolute Gasteiger partial charge is 0.307 e. The summed E-state index contributed by atoms with van der Waals surface area (Å²) < 4.78 is 0.854. The summed E-state index contributed by atoms with van der Waals surface area (Å²) in [6.07, 6.45) is 21.9. The standard InChI is InChI=1S/C25H47N3O/c1-5-7-8-9-10-11-12-13-14-15-16-17-18-19-20-25-26-21-22-28(25,6-2)23(3)27-24(4)29/h9-10,23H,5-8,11-22H2,1-4H3/p+1/b10-9+. The zero-order valence-corrected chi connectivity index (χ0v) is 19.8. The first kappa shape index (κ1) is 25.9. The summed E-state index contributed by atoms with van der Waals surface area (Å²) in [5.41, 5.74) is 0. The smallest absolute Gasteiger partial charge is 0.221 e. The van der Waals surface area contributed by atoms with Crippen LogP contribution in [0.15, 0.2) is 17.1 Å². The Morgan fingerprint density at radius 2 is 1.59 bits per heavy atom. The number of likely N-dealkylation sites (N-methyl/N-ethyl adjacent to an activating group) is 1. The van der Waals surface area contributed by atoms with Gasteiger partial charge in [0, 0.05) is 20.3 Å². The van der Waals surface area contributed by atoms with Gasteiger partial charge in [0.2, 0.25) is 5.91 Å². The molecular formula is C25H48N3O+. The summed E-state index contributed by atoms with van der Waals surface area (Å²) in [5, 5.41) is 3.11. The van der Waals surface area contributed by atoms with Crippen LogP contribution in [0.25, 0.3) is 0 Å². The maximum Gasteiger partial charge on any atom is 0.221 e. The van der Waals surface area contributed by atoms with E-state index < -0.39 is 0 Å². The number of hydrogen-bond acceptors (Lipinski definition) is 2. The number of quaternary nitrogens is 1. The molecule has 1 N–H and O–H groups in total. The minimum Gasteiger partial charge on any atom is -0.307 e. The molecule has 0 saturated carbocycles. The van der Waals surface area contributed by atoms with Crippen molar-refractivity contribution in [2.75, 3.05) is 19.6 Å². The van der Waals surface area contributed by atoms with E-state index in [1.54, 1.807) is 6.92 Å². The Hall–Kier alpha value is -1.16. The molecule has 0 aromatic carbocycles. The number of hydrogen-bond donors (Lipinski definition) is 1. The van der Waals surface area contributed by atoms with Crippen LogP contribution >= 0.6 is 0 Å². The highest BCUT2D eigenvalue weighted by atomic mass is 16.1. The number of nitrogens with zero attached hydrogens (tertiary/aromatic N) is 2. The summed E-state index contributed by atoms with van der Waals surface area (Å²) >= 11 is 0. The fourth-order valence-corrected chi connectivity index (χ4v) is 4.54. The number of allylic oxidation sites excluding steroid dienone is 2. The molecule has 1 heterocycles. The van der Waals surface area contributed by atoms with Gasteiger partial charge in [-0.15, -0.1) is 0 Å². The number of amidine groups is 1. The van der Waals surface area contributed by atoms with E-state index in [0.29, 0.717) is 0 Å². The lowest BCUT2D eigenvalue weighted by Gasteiger charge is -2.39. The quantitative estimate of drug-likeness (QED) is 0.170. The zero-order valence-electron chi connectivity index (χ0n) is 19.8. The fourth-order valence-electron chi connectivity index (χ4n) is 4.54. The number of nitrogens with one attached hydrogen (secondary N) is 1. The molecule has 1 rings (SSSR count). The van der Waals surface area contributed by atoms with Crippen molar-refractivity contribution in [2.24, 2.45) is 4.99 Å². The van der Waals surface area contributed by atoms with Crippen molar-refractivity contribution in [1.82, 2.24) is 5.32 Å². The number of rotatable bonds is 17. The number of carbonyl (C=O) groups is 1. The molecule has 2 atom stereocenters. The fraction of sp³-hybridized carbons (Fsp3) is 0.840. The summed E-state index contributed by atoms with van der Waals surface area (Å²) in [6, 6.07) is 0. The van der Waals surface area contributed by atoms with E-state index in [2.05, 4.69) is 38.2 Å². The van der Waals surface area contributed by atoms with Gasteiger partial charge in [-0.3, -0.25) is 9.28 Å². The van der Waals surface area contributed by atoms with Gasteiger partial charge in [0.15, 0.2) is 12.0 Å². The third-order valence-electron chi connectivity index (χ3n) is 6.44. The van der Waals surface area contributed by atoms with Crippen molar-refractivity contribution in [3.63, 3.8) is 0 Å². The Morgan fingerprint density at radius 3 is 2.17 bits per heavy atom. The minimum atomic E-state index is 0.0576. The van der Waals surface area contributed by atoms with Gasteiger partial charge in [0.05, 0.1) is 13.1 Å². The molecule has 0 spiro atoms. The number of unbranched alkanes of at least 4 members (excludes halogenated alkanes) is 10. The molecule has 29 heavy (non-hydrogen) atoms. The second kappa shape index (κ2) is 15.6. The first-order valence-corrected chi connectivity index (χ1v) is 12.4. The molecule has 168 valence electrons. The van der Waals surface area contributed by atoms with Crippen LogP contribution in [0.4, 0.5) is 0 Å². The molecule has 2 unspecified atom stereocenters. The highest BCUT2D eigenvalue weighted by molar-refractivity contribution is 5.78. The van der Waals surface area contributed by atoms with Crippen molar-refractivity contribution < 1.29 is 9.28 Å². The van der Waals surface area contributed by atoms with Gasteiger partial charge < -0.3 is 5.32 Å². The van der Waals surface area contributed by atoms with E-state index >= 15 is 0 Å². The van der Waals surface area contributed by atoms with Crippen molar-refractivity contribution >= 4 is 11.7 Å². The van der Waals surface area contributed by atoms with Gasteiger partial charge in [0.1, 0.15) is 6.54 Å². The van der Waals surface area contributed by atoms with E-state index in [0.717, 1.165) is 30.5 Å². The first-order valence-electron chi connectivity index (χ1n) is 12.4. The summed E-state index contributed by atoms with van der Waals surface area (Å²) in [7, 11) is 0. The summed E-state index contributed by atoms with van der Waals surface area (Å²) in [6.45, 7) is 11.2. The van der Waals surface area contributed by atoms with Gasteiger partial charge in [-0.05, 0) is 32.6 Å². The third kappa shape index (κ3) is 9.93. The second-order valence-corrected chi connectivity index (χ2v) is 8.73. The predicted molar refractivity (Wildman–Crippen MR) is 126 cm³/mol. The summed E-state index contributed by atoms with van der Waals surface area (Å²) in [4.78, 5) is 16.3. The Labute approximate surface area is 180 Å². The third-order valence-corrected chi connectivity index (χ3v) is 6.44. The number of carbonyl (C=O) groups excluding carboxylic acids is 1. The average molecular weight is 407 g/mol. The molecule has 0 aromatic rings. The predicted octanol–water partition coefficient (Wildman–Crippen LogP) is 6.36. The maximum absolute atomic E-state index is 11.5. The van der Waals surface area contributed by atoms with Crippen LogP contribution in [-0.2, 0) is 4.79 Å². The molecule has 0 bridgehead atoms. The molecule has 0 aromatic heterocycles. The molecule has 1 amide bonds. The van der Waals surface area contributed by atoms with Crippen molar-refractivity contribution in [3.8, 4) is 0 Å². The molecule has 0 radical (unpaired) electrons. The van der Waals surface area contributed by atoms with E-state index in [9.17, 15) is 4.79 Å². The number of amides is 1. The lowest BCUT2D eigenvalue weighted by Crippen LogP contribution is -2.62. The molecule has 1 aliphatic heterocycles. The summed E-state index contributed by atoms with van der Waals surface area (Å²) in [5.74, 6) is 1.36. The lowest BCUT2D eigenvalue weighted by atomic mass is 10.1. The number of aliphatic imine (C=N–C) groups is 1. The second-order valence-electron chi connectivity index (χ2n) is 8.73. The molecule has 4 nitrogen and oxygen atoms in total. The Bertz CT molecular complexity index is 500. The molecule has 0 fully saturated rings. The zero-order chi connectivity index (χ0) is 21.4. The van der Waals surface area contributed by atoms with Crippen LogP contribution in [0.2, 0.25) is 0 Å². The Kier molecular flexibility index (Phi) is 14.0. The van der Waals surface area contributed by atoms with Crippen LogP contribution in [0, 0.1) is 0 Å². The Balaban J connectivity index is 2.09. The molecular weight excluding hydrogens is 358 g/mol. The molecule has 0 aliphatic carbocycles. The van der Waals surface area contributed by atoms with Crippen LogP contribution in [0.1, 0.15) is 111 Å². The van der Waals surface area contributed by atoms with E-state index in [1.807, 2.05) is 0 Å². The van der Waals surface area contributed by atoms with Crippen LogP contribution < -0.4 is 5.32 Å². The lowest BCUT2D eigenvalue weighted by molar-refractivity contribution is -0.861. The van der Waals surface area contributed by atoms with Gasteiger partial charge in [0.25, 0.3) is 0 Å². The minimum absolute atomic E-state index is 0.0576. The highest BCUT2D eigenvalue weighted by Crippen LogP contribution is 2.23. The van der Waals surface area contributed by atoms with Crippen LogP contribution in [0.5, 0.6) is 0 Å². The normalized spacial score (nSPS) is 20.2. The van der Waals surface area contributed by atoms with E-state index in [-0.39, 0.29) is 12.1 Å². The SMILES string of the molecule is CCCC/C=C/CCCCCCCCCCC1=NCC[N+]1(CC)C(C)NC(C)=O. The first-order chi connectivity index (χ1) is 14.1.